The van der Waals surface area contributed by atoms with Gasteiger partial charge in [0.15, 0.2) is 5.78 Å². The van der Waals surface area contributed by atoms with Crippen LogP contribution in [0.15, 0.2) is 23.8 Å². The Morgan fingerprint density at radius 3 is 2.29 bits per heavy atom. The van der Waals surface area contributed by atoms with Gasteiger partial charge in [-0.25, -0.2) is 0 Å². The van der Waals surface area contributed by atoms with Crippen LogP contribution in [0.5, 0.6) is 0 Å². The van der Waals surface area contributed by atoms with Crippen LogP contribution in [0.1, 0.15) is 6.92 Å². The Labute approximate surface area is 42.3 Å². The van der Waals surface area contributed by atoms with E-state index in [0.717, 1.165) is 5.57 Å². The number of Topliss-reactive ketones (excluding diaryl/α,β-unsaturated/α-hetero) is 1. The van der Waals surface area contributed by atoms with Gasteiger partial charge in [0, 0.05) is 5.57 Å². The second-order valence-electron chi connectivity index (χ2n) is 1.68. The Morgan fingerprint density at radius 1 is 1.71 bits per heavy atom. The second kappa shape index (κ2) is 1.06. The van der Waals surface area contributed by atoms with Crippen LogP contribution in [-0.4, -0.2) is 5.78 Å². The van der Waals surface area contributed by atoms with Crippen molar-refractivity contribution < 1.29 is 4.79 Å². The molecule has 0 aromatic rings. The van der Waals surface area contributed by atoms with E-state index in [1.807, 2.05) is 0 Å². The van der Waals surface area contributed by atoms with Crippen molar-refractivity contribution in [2.75, 3.05) is 0 Å². The van der Waals surface area contributed by atoms with Crippen molar-refractivity contribution in [3.05, 3.63) is 23.8 Å². The molecular weight excluding hydrogens is 88.1 g/mol. The smallest absolute Gasteiger partial charge is 0.188 e. The SMILES string of the molecule is C=C1C=C(C)C1=O. The van der Waals surface area contributed by atoms with Gasteiger partial charge in [0.05, 0.1) is 0 Å². The van der Waals surface area contributed by atoms with Gasteiger partial charge in [-0.3, -0.25) is 4.79 Å². The van der Waals surface area contributed by atoms with Crippen LogP contribution in [0.3, 0.4) is 0 Å². The number of rotatable bonds is 0. The summed E-state index contributed by atoms with van der Waals surface area (Å²) in [5.74, 6) is 0.111. The van der Waals surface area contributed by atoms with Crippen LogP contribution in [-0.2, 0) is 4.79 Å². The van der Waals surface area contributed by atoms with E-state index in [4.69, 9.17) is 0 Å². The average molecular weight is 94.1 g/mol. The summed E-state index contributed by atoms with van der Waals surface area (Å²) in [5, 5.41) is 0. The number of hydrogen-bond acceptors (Lipinski definition) is 1. The van der Waals surface area contributed by atoms with Crippen molar-refractivity contribution in [3.63, 3.8) is 0 Å². The Kier molecular flexibility index (Phi) is 0.653. The van der Waals surface area contributed by atoms with E-state index >= 15 is 0 Å². The van der Waals surface area contributed by atoms with Crippen molar-refractivity contribution in [2.45, 2.75) is 6.92 Å². The molecule has 0 radical (unpaired) electrons. The van der Waals surface area contributed by atoms with Crippen LogP contribution in [0.2, 0.25) is 0 Å². The highest BCUT2D eigenvalue weighted by Gasteiger charge is 2.15. The second-order valence-corrected chi connectivity index (χ2v) is 1.68. The maximum atomic E-state index is 10.4. The Morgan fingerprint density at radius 2 is 2.29 bits per heavy atom. The predicted molar refractivity (Wildman–Crippen MR) is 27.9 cm³/mol. The summed E-state index contributed by atoms with van der Waals surface area (Å²) in [7, 11) is 0. The summed E-state index contributed by atoms with van der Waals surface area (Å²) < 4.78 is 0. The first-order valence-electron chi connectivity index (χ1n) is 2.14. The van der Waals surface area contributed by atoms with Crippen LogP contribution < -0.4 is 0 Å². The molecule has 1 aliphatic rings. The van der Waals surface area contributed by atoms with E-state index in [1.165, 1.54) is 0 Å². The first-order valence-corrected chi connectivity index (χ1v) is 2.14. The van der Waals surface area contributed by atoms with E-state index in [0.29, 0.717) is 5.57 Å². The molecule has 0 aliphatic heterocycles. The maximum Gasteiger partial charge on any atom is 0.188 e. The molecule has 0 aromatic carbocycles. The normalized spacial score (nSPS) is 18.7. The molecule has 36 valence electrons. The van der Waals surface area contributed by atoms with Crippen molar-refractivity contribution in [3.8, 4) is 0 Å². The van der Waals surface area contributed by atoms with Crippen molar-refractivity contribution in [2.24, 2.45) is 0 Å². The topological polar surface area (TPSA) is 17.1 Å². The highest BCUT2D eigenvalue weighted by molar-refractivity contribution is 6.16. The van der Waals surface area contributed by atoms with Gasteiger partial charge in [0.25, 0.3) is 0 Å². The van der Waals surface area contributed by atoms with Gasteiger partial charge in [-0.15, -0.1) is 0 Å². The molecule has 1 aliphatic carbocycles. The summed E-state index contributed by atoms with van der Waals surface area (Å²) in [6.45, 7) is 5.25. The molecule has 0 saturated carbocycles. The average Bonchev–Trinajstić information content (AvgIpc) is 1.68. The molecular formula is C6H6O. The molecule has 0 N–H and O–H groups in total. The van der Waals surface area contributed by atoms with Gasteiger partial charge in [-0.2, -0.15) is 0 Å². The van der Waals surface area contributed by atoms with Gasteiger partial charge in [0.1, 0.15) is 0 Å². The molecule has 0 saturated heterocycles. The minimum Gasteiger partial charge on any atom is -0.289 e. The molecule has 0 amide bonds. The first-order chi connectivity index (χ1) is 3.22. The standard InChI is InChI=1S/C6H6O/c1-4-3-5(2)6(4)7/h3H,1H2,2H3. The summed E-state index contributed by atoms with van der Waals surface area (Å²) in [5.41, 5.74) is 1.46. The molecule has 1 heteroatoms. The molecule has 0 fully saturated rings. The monoisotopic (exact) mass is 94.0 g/mol. The minimum atomic E-state index is 0.111. The van der Waals surface area contributed by atoms with Gasteiger partial charge >= 0.3 is 0 Å². The number of hydrogen-bond donors (Lipinski definition) is 0. The van der Waals surface area contributed by atoms with Crippen LogP contribution >= 0.6 is 0 Å². The predicted octanol–water partition coefficient (Wildman–Crippen LogP) is 1.07. The molecule has 0 spiro atoms. The maximum absolute atomic E-state index is 10.4. The first kappa shape index (κ1) is 4.31. The lowest BCUT2D eigenvalue weighted by atomic mass is 9.94. The molecule has 0 heterocycles. The van der Waals surface area contributed by atoms with E-state index in [1.54, 1.807) is 13.0 Å². The summed E-state index contributed by atoms with van der Waals surface area (Å²) in [6, 6.07) is 0. The summed E-state index contributed by atoms with van der Waals surface area (Å²) in [4.78, 5) is 10.4. The summed E-state index contributed by atoms with van der Waals surface area (Å²) >= 11 is 0. The lowest BCUT2D eigenvalue weighted by molar-refractivity contribution is -0.112. The van der Waals surface area contributed by atoms with Gasteiger partial charge < -0.3 is 0 Å². The fourth-order valence-electron chi connectivity index (χ4n) is 0.568. The Hall–Kier alpha value is -0.850. The number of ketones is 1. The van der Waals surface area contributed by atoms with Crippen molar-refractivity contribution >= 4 is 5.78 Å². The van der Waals surface area contributed by atoms with E-state index in [-0.39, 0.29) is 5.78 Å². The lowest BCUT2D eigenvalue weighted by Crippen LogP contribution is -2.10. The van der Waals surface area contributed by atoms with E-state index < -0.39 is 0 Å². The van der Waals surface area contributed by atoms with Gasteiger partial charge in [-0.1, -0.05) is 6.58 Å². The Balaban J connectivity index is 2.96. The van der Waals surface area contributed by atoms with Crippen LogP contribution in [0.4, 0.5) is 0 Å². The zero-order valence-corrected chi connectivity index (χ0v) is 4.19. The zero-order chi connectivity index (χ0) is 5.44. The molecule has 7 heavy (non-hydrogen) atoms. The minimum absolute atomic E-state index is 0.111. The molecule has 0 bridgehead atoms. The zero-order valence-electron chi connectivity index (χ0n) is 4.19. The van der Waals surface area contributed by atoms with Gasteiger partial charge in [-0.05, 0) is 18.6 Å². The number of carbonyl (C=O) groups excluding carboxylic acids is 1. The molecule has 1 nitrogen and oxygen atoms in total. The van der Waals surface area contributed by atoms with Gasteiger partial charge in [0.2, 0.25) is 0 Å². The largest absolute Gasteiger partial charge is 0.289 e. The quantitative estimate of drug-likeness (QED) is 0.410. The molecule has 1 rings (SSSR count). The summed E-state index contributed by atoms with van der Waals surface area (Å²) in [6.07, 6.45) is 1.78. The van der Waals surface area contributed by atoms with Crippen molar-refractivity contribution in [1.29, 1.82) is 0 Å². The van der Waals surface area contributed by atoms with Crippen LogP contribution in [0.25, 0.3) is 0 Å². The number of carbonyl (C=O) groups is 1. The molecule has 0 atom stereocenters. The highest BCUT2D eigenvalue weighted by atomic mass is 16.1. The third-order valence-corrected chi connectivity index (χ3v) is 1.04. The molecule has 0 unspecified atom stereocenters. The highest BCUT2D eigenvalue weighted by Crippen LogP contribution is 2.16. The number of allylic oxidation sites excluding steroid dienone is 3. The van der Waals surface area contributed by atoms with Crippen LogP contribution in [0, 0.1) is 0 Å². The third-order valence-electron chi connectivity index (χ3n) is 1.04. The fraction of sp³-hybridized carbons (Fsp3) is 0.167. The lowest BCUT2D eigenvalue weighted by Gasteiger charge is -2.08. The third kappa shape index (κ3) is 0.411. The van der Waals surface area contributed by atoms with E-state index in [9.17, 15) is 4.79 Å². The fourth-order valence-corrected chi connectivity index (χ4v) is 0.568. The van der Waals surface area contributed by atoms with E-state index in [2.05, 4.69) is 6.58 Å². The Bertz CT molecular complexity index is 163. The molecule has 0 aromatic heterocycles. The van der Waals surface area contributed by atoms with Crippen molar-refractivity contribution in [1.82, 2.24) is 0 Å².